The molecule has 166 valence electrons. The summed E-state index contributed by atoms with van der Waals surface area (Å²) >= 11 is 0. The lowest BCUT2D eigenvalue weighted by Gasteiger charge is -2.20. The smallest absolute Gasteiger partial charge is 0.228 e. The van der Waals surface area contributed by atoms with Gasteiger partial charge in [-0.25, -0.2) is 18.7 Å². The van der Waals surface area contributed by atoms with Crippen molar-refractivity contribution in [1.29, 1.82) is 0 Å². The summed E-state index contributed by atoms with van der Waals surface area (Å²) in [5.41, 5.74) is 0.897. The van der Waals surface area contributed by atoms with Gasteiger partial charge in [0.25, 0.3) is 0 Å². The molecule has 32 heavy (non-hydrogen) atoms. The summed E-state index contributed by atoms with van der Waals surface area (Å²) < 4.78 is 38.7. The number of anilines is 1. The van der Waals surface area contributed by atoms with Crippen LogP contribution in [-0.4, -0.2) is 29.6 Å². The molecule has 2 atom stereocenters. The maximum Gasteiger partial charge on any atom is 0.228 e. The molecule has 8 heteroatoms. The Hall–Kier alpha value is -3.39. The van der Waals surface area contributed by atoms with E-state index in [1.807, 2.05) is 0 Å². The van der Waals surface area contributed by atoms with Crippen molar-refractivity contribution in [1.82, 2.24) is 9.97 Å². The van der Waals surface area contributed by atoms with Crippen molar-refractivity contribution in [2.75, 3.05) is 19.0 Å². The average Bonchev–Trinajstić information content (AvgIpc) is 3.50. The highest BCUT2D eigenvalue weighted by atomic mass is 19.1. The molecule has 3 aromatic rings. The van der Waals surface area contributed by atoms with Crippen molar-refractivity contribution in [2.45, 2.75) is 25.4 Å². The maximum absolute atomic E-state index is 14.0. The van der Waals surface area contributed by atoms with Crippen molar-refractivity contribution in [3.63, 3.8) is 0 Å². The molecule has 1 saturated carbocycles. The topological polar surface area (TPSA) is 73.3 Å². The molecule has 1 heterocycles. The first-order chi connectivity index (χ1) is 15.4. The van der Waals surface area contributed by atoms with Gasteiger partial charge in [-0.1, -0.05) is 18.2 Å². The van der Waals surface area contributed by atoms with Gasteiger partial charge in [-0.3, -0.25) is 4.79 Å². The lowest BCUT2D eigenvalue weighted by atomic mass is 9.93. The summed E-state index contributed by atoms with van der Waals surface area (Å²) in [5, 5.41) is 2.75. The molecule has 1 aliphatic carbocycles. The summed E-state index contributed by atoms with van der Waals surface area (Å²) in [4.78, 5) is 21.5. The zero-order valence-electron chi connectivity index (χ0n) is 17.8. The van der Waals surface area contributed by atoms with E-state index in [-0.39, 0.29) is 19.1 Å². The van der Waals surface area contributed by atoms with Crippen LogP contribution in [0.3, 0.4) is 0 Å². The minimum Gasteiger partial charge on any atom is -0.489 e. The zero-order valence-corrected chi connectivity index (χ0v) is 17.8. The summed E-state index contributed by atoms with van der Waals surface area (Å²) in [6.45, 7) is 2.14. The maximum atomic E-state index is 14.0. The van der Waals surface area contributed by atoms with Gasteiger partial charge >= 0.3 is 0 Å². The lowest BCUT2D eigenvalue weighted by Crippen LogP contribution is -2.27. The molecule has 1 fully saturated rings. The Labute approximate surface area is 184 Å². The molecule has 0 bridgehead atoms. The second-order valence-corrected chi connectivity index (χ2v) is 7.87. The van der Waals surface area contributed by atoms with Crippen LogP contribution in [0.1, 0.15) is 23.5 Å². The van der Waals surface area contributed by atoms with E-state index in [0.29, 0.717) is 34.9 Å². The molecule has 1 aliphatic rings. The fourth-order valence-corrected chi connectivity index (χ4v) is 3.88. The molecular formula is C24H23F2N3O3. The molecule has 0 radical (unpaired) electrons. The average molecular weight is 439 g/mol. The number of aryl methyl sites for hydroxylation is 1. The molecule has 1 N–H and O–H groups in total. The van der Waals surface area contributed by atoms with Crippen LogP contribution in [0.15, 0.2) is 54.7 Å². The van der Waals surface area contributed by atoms with Crippen LogP contribution in [-0.2, 0) is 21.6 Å². The van der Waals surface area contributed by atoms with E-state index in [2.05, 4.69) is 15.3 Å². The first kappa shape index (κ1) is 21.8. The first-order valence-electron chi connectivity index (χ1n) is 10.2. The van der Waals surface area contributed by atoms with Gasteiger partial charge in [0.2, 0.25) is 5.91 Å². The fourth-order valence-electron chi connectivity index (χ4n) is 3.88. The fraction of sp³-hybridized carbons (Fsp3) is 0.292. The molecular weight excluding hydrogens is 416 g/mol. The predicted molar refractivity (Wildman–Crippen MR) is 114 cm³/mol. The predicted octanol–water partition coefficient (Wildman–Crippen LogP) is 4.19. The second-order valence-electron chi connectivity index (χ2n) is 7.87. The number of amides is 1. The number of halogens is 2. The first-order valence-corrected chi connectivity index (χ1v) is 10.2. The van der Waals surface area contributed by atoms with Crippen molar-refractivity contribution < 1.29 is 23.0 Å². The standard InChI is InChI=1S/C24H23F2N3O3/c1-15-27-12-22(21(28-15)13-31-2)32-14-24(16-5-3-6-17(25)9-16)11-20(24)23(30)29-19-8-4-7-18(26)10-19/h3-10,12,20H,11,13-14H2,1-2H3,(H,29,30). The Morgan fingerprint density at radius 1 is 1.19 bits per heavy atom. The van der Waals surface area contributed by atoms with Gasteiger partial charge in [0, 0.05) is 18.2 Å². The zero-order chi connectivity index (χ0) is 22.7. The minimum atomic E-state index is -0.727. The third kappa shape index (κ3) is 4.60. The van der Waals surface area contributed by atoms with E-state index in [1.165, 1.54) is 30.3 Å². The molecule has 6 nitrogen and oxygen atoms in total. The second kappa shape index (κ2) is 9.00. The van der Waals surface area contributed by atoms with Crippen LogP contribution >= 0.6 is 0 Å². The number of aromatic nitrogens is 2. The number of methoxy groups -OCH3 is 1. The number of carbonyl (C=O) groups excluding carboxylic acids is 1. The SMILES string of the molecule is COCc1nc(C)ncc1OCC1(c2cccc(F)c2)CC1C(=O)Nc1cccc(F)c1. The van der Waals surface area contributed by atoms with Crippen LogP contribution in [0.5, 0.6) is 5.75 Å². The molecule has 2 unspecified atom stereocenters. The number of benzene rings is 2. The summed E-state index contributed by atoms with van der Waals surface area (Å²) in [5.74, 6) is -0.543. The number of nitrogens with one attached hydrogen (secondary N) is 1. The highest BCUT2D eigenvalue weighted by molar-refractivity contribution is 5.96. The lowest BCUT2D eigenvalue weighted by molar-refractivity contribution is -0.117. The van der Waals surface area contributed by atoms with E-state index >= 15 is 0 Å². The van der Waals surface area contributed by atoms with Gasteiger partial charge in [-0.15, -0.1) is 0 Å². The Morgan fingerprint density at radius 3 is 2.66 bits per heavy atom. The number of nitrogens with zero attached hydrogens (tertiary/aromatic N) is 2. The Morgan fingerprint density at radius 2 is 1.94 bits per heavy atom. The van der Waals surface area contributed by atoms with Gasteiger partial charge in [0.1, 0.15) is 23.2 Å². The van der Waals surface area contributed by atoms with Crippen LogP contribution in [0.25, 0.3) is 0 Å². The van der Waals surface area contributed by atoms with Crippen LogP contribution in [0.2, 0.25) is 0 Å². The number of carbonyl (C=O) groups is 1. The van der Waals surface area contributed by atoms with Crippen LogP contribution in [0, 0.1) is 24.5 Å². The highest BCUT2D eigenvalue weighted by Crippen LogP contribution is 2.55. The quantitative estimate of drug-likeness (QED) is 0.570. The Kier molecular flexibility index (Phi) is 6.14. The van der Waals surface area contributed by atoms with E-state index in [1.54, 1.807) is 38.4 Å². The summed E-state index contributed by atoms with van der Waals surface area (Å²) in [7, 11) is 1.56. The van der Waals surface area contributed by atoms with Crippen LogP contribution in [0.4, 0.5) is 14.5 Å². The number of rotatable bonds is 8. The molecule has 0 spiro atoms. The van der Waals surface area contributed by atoms with E-state index in [4.69, 9.17) is 9.47 Å². The normalized spacial score (nSPS) is 19.4. The molecule has 0 aliphatic heterocycles. The van der Waals surface area contributed by atoms with Gasteiger partial charge in [0.15, 0.2) is 5.75 Å². The van der Waals surface area contributed by atoms with Gasteiger partial charge in [-0.05, 0) is 49.2 Å². The number of hydrogen-bond donors (Lipinski definition) is 1. The highest BCUT2D eigenvalue weighted by Gasteiger charge is 2.60. The molecule has 0 saturated heterocycles. The van der Waals surface area contributed by atoms with E-state index in [0.717, 1.165) is 0 Å². The van der Waals surface area contributed by atoms with Crippen molar-refractivity contribution >= 4 is 11.6 Å². The van der Waals surface area contributed by atoms with Crippen molar-refractivity contribution in [2.24, 2.45) is 5.92 Å². The minimum absolute atomic E-state index is 0.126. The molecule has 4 rings (SSSR count). The van der Waals surface area contributed by atoms with Gasteiger partial charge in [-0.2, -0.15) is 0 Å². The van der Waals surface area contributed by atoms with E-state index < -0.39 is 23.0 Å². The monoisotopic (exact) mass is 439 g/mol. The Bertz CT molecular complexity index is 1140. The third-order valence-electron chi connectivity index (χ3n) is 5.60. The molecule has 1 aromatic heterocycles. The summed E-state index contributed by atoms with van der Waals surface area (Å²) in [6, 6.07) is 11.9. The Balaban J connectivity index is 1.58. The van der Waals surface area contributed by atoms with Crippen molar-refractivity contribution in [3.05, 3.63) is 83.4 Å². The van der Waals surface area contributed by atoms with Crippen LogP contribution < -0.4 is 10.1 Å². The van der Waals surface area contributed by atoms with Gasteiger partial charge < -0.3 is 14.8 Å². The molecule has 2 aromatic carbocycles. The largest absolute Gasteiger partial charge is 0.489 e. The number of ether oxygens (including phenoxy) is 2. The van der Waals surface area contributed by atoms with E-state index in [9.17, 15) is 13.6 Å². The number of hydrogen-bond acceptors (Lipinski definition) is 5. The summed E-state index contributed by atoms with van der Waals surface area (Å²) in [6.07, 6.45) is 2.03. The third-order valence-corrected chi connectivity index (χ3v) is 5.60. The molecule has 1 amide bonds. The van der Waals surface area contributed by atoms with Crippen molar-refractivity contribution in [3.8, 4) is 5.75 Å². The van der Waals surface area contributed by atoms with Gasteiger partial charge in [0.05, 0.1) is 25.3 Å².